The first kappa shape index (κ1) is 18.9. The van der Waals surface area contributed by atoms with E-state index in [1.807, 2.05) is 18.2 Å². The van der Waals surface area contributed by atoms with Gasteiger partial charge in [-0.2, -0.15) is 0 Å². The van der Waals surface area contributed by atoms with Crippen LogP contribution in [-0.2, 0) is 0 Å². The Labute approximate surface area is 171 Å². The van der Waals surface area contributed by atoms with Crippen molar-refractivity contribution in [2.45, 2.75) is 0 Å². The number of hydrogen-bond acceptors (Lipinski definition) is 4. The number of carbonyl (C=O) groups excluding carboxylic acids is 2. The van der Waals surface area contributed by atoms with Gasteiger partial charge in [0.25, 0.3) is 5.91 Å². The van der Waals surface area contributed by atoms with Gasteiger partial charge in [-0.05, 0) is 42.5 Å². The van der Waals surface area contributed by atoms with Crippen molar-refractivity contribution in [3.8, 4) is 0 Å². The van der Waals surface area contributed by atoms with Gasteiger partial charge in [0, 0.05) is 23.1 Å². The molecule has 0 atom stereocenters. The van der Waals surface area contributed by atoms with E-state index in [4.69, 9.17) is 4.42 Å². The second kappa shape index (κ2) is 8.32. The van der Waals surface area contributed by atoms with E-state index in [-0.39, 0.29) is 11.2 Å². The molecule has 7 heteroatoms. The maximum absolute atomic E-state index is 12.5. The Morgan fingerprint density at radius 2 is 1.30 bits per heavy atom. The minimum absolute atomic E-state index is 0.0983. The summed E-state index contributed by atoms with van der Waals surface area (Å²) in [5.74, 6) is -0.664. The first-order chi connectivity index (χ1) is 14.6. The molecular weight excluding hydrogens is 382 g/mol. The van der Waals surface area contributed by atoms with Crippen molar-refractivity contribution in [3.63, 3.8) is 0 Å². The Balaban J connectivity index is 1.47. The van der Waals surface area contributed by atoms with Crippen LogP contribution in [0.3, 0.4) is 0 Å². The highest BCUT2D eigenvalue weighted by molar-refractivity contribution is 6.04. The summed E-state index contributed by atoms with van der Waals surface area (Å²) in [7, 11) is 0. The van der Waals surface area contributed by atoms with Crippen LogP contribution in [0.5, 0.6) is 0 Å². The monoisotopic (exact) mass is 399 g/mol. The number of urea groups is 1. The van der Waals surface area contributed by atoms with Gasteiger partial charge in [-0.3, -0.25) is 9.59 Å². The molecule has 0 aliphatic rings. The van der Waals surface area contributed by atoms with Crippen molar-refractivity contribution in [1.82, 2.24) is 0 Å². The lowest BCUT2D eigenvalue weighted by atomic mass is 10.2. The molecule has 1 heterocycles. The predicted octanol–water partition coefficient (Wildman–Crippen LogP) is 4.69. The van der Waals surface area contributed by atoms with Crippen LogP contribution in [0.15, 0.2) is 94.1 Å². The van der Waals surface area contributed by atoms with Gasteiger partial charge in [0.2, 0.25) is 0 Å². The smallest absolute Gasteiger partial charge is 0.323 e. The molecule has 0 saturated carbocycles. The van der Waals surface area contributed by atoms with Crippen LogP contribution < -0.4 is 21.4 Å². The van der Waals surface area contributed by atoms with Crippen LogP contribution in [-0.4, -0.2) is 11.9 Å². The van der Waals surface area contributed by atoms with Crippen LogP contribution in [0, 0.1) is 0 Å². The summed E-state index contributed by atoms with van der Waals surface area (Å²) in [5.41, 5.74) is 1.62. The Hall–Kier alpha value is -4.39. The summed E-state index contributed by atoms with van der Waals surface area (Å²) >= 11 is 0. The lowest BCUT2D eigenvalue weighted by Gasteiger charge is -2.10. The fourth-order valence-corrected chi connectivity index (χ4v) is 2.90. The van der Waals surface area contributed by atoms with E-state index in [2.05, 4.69) is 16.0 Å². The molecule has 3 amide bonds. The lowest BCUT2D eigenvalue weighted by Crippen LogP contribution is -2.19. The second-order valence-corrected chi connectivity index (χ2v) is 6.45. The van der Waals surface area contributed by atoms with Crippen molar-refractivity contribution in [1.29, 1.82) is 0 Å². The molecule has 0 unspecified atom stereocenters. The zero-order valence-electron chi connectivity index (χ0n) is 15.7. The van der Waals surface area contributed by atoms with Crippen molar-refractivity contribution < 1.29 is 14.0 Å². The molecule has 7 nitrogen and oxygen atoms in total. The summed E-state index contributed by atoms with van der Waals surface area (Å²) < 4.78 is 5.55. The van der Waals surface area contributed by atoms with Crippen molar-refractivity contribution >= 4 is 40.0 Å². The molecule has 0 aliphatic carbocycles. The number of amides is 3. The molecule has 4 aromatic rings. The van der Waals surface area contributed by atoms with E-state index in [1.165, 1.54) is 0 Å². The molecule has 0 fully saturated rings. The van der Waals surface area contributed by atoms with Gasteiger partial charge in [-0.15, -0.1) is 0 Å². The van der Waals surface area contributed by atoms with Crippen LogP contribution in [0.1, 0.15) is 10.6 Å². The van der Waals surface area contributed by atoms with E-state index < -0.39 is 11.9 Å². The average Bonchev–Trinajstić information content (AvgIpc) is 2.74. The highest BCUT2D eigenvalue weighted by Crippen LogP contribution is 2.18. The first-order valence-electron chi connectivity index (χ1n) is 9.16. The second-order valence-electron chi connectivity index (χ2n) is 6.45. The van der Waals surface area contributed by atoms with Gasteiger partial charge < -0.3 is 20.4 Å². The average molecular weight is 399 g/mol. The van der Waals surface area contributed by atoms with Gasteiger partial charge in [0.1, 0.15) is 5.58 Å². The zero-order chi connectivity index (χ0) is 20.9. The standard InChI is InChI=1S/C23H17N3O4/c27-19-14-21(30-20-12-5-4-11-18(19)20)22(28)24-16-9-6-10-17(13-16)26-23(29)25-15-7-2-1-3-8-15/h1-14H,(H,24,28)(H2,25,26,29). The number of nitrogens with one attached hydrogen (secondary N) is 3. The summed E-state index contributed by atoms with van der Waals surface area (Å²) in [5, 5.41) is 8.49. The Kier molecular flexibility index (Phi) is 5.25. The number of rotatable bonds is 4. The fraction of sp³-hybridized carbons (Fsp3) is 0. The quantitative estimate of drug-likeness (QED) is 0.463. The molecule has 4 rings (SSSR count). The number of fused-ring (bicyclic) bond motifs is 1. The Morgan fingerprint density at radius 3 is 2.10 bits per heavy atom. The first-order valence-corrected chi connectivity index (χ1v) is 9.16. The van der Waals surface area contributed by atoms with E-state index >= 15 is 0 Å². The summed E-state index contributed by atoms with van der Waals surface area (Å²) in [6, 6.07) is 23.1. The summed E-state index contributed by atoms with van der Waals surface area (Å²) in [4.78, 5) is 36.9. The molecule has 0 radical (unpaired) electrons. The maximum Gasteiger partial charge on any atom is 0.323 e. The molecule has 0 spiro atoms. The van der Waals surface area contributed by atoms with E-state index in [1.54, 1.807) is 60.7 Å². The normalized spacial score (nSPS) is 10.4. The van der Waals surface area contributed by atoms with Crippen molar-refractivity contribution in [3.05, 3.63) is 101 Å². The molecule has 0 aliphatic heterocycles. The third-order valence-electron chi connectivity index (χ3n) is 4.27. The molecule has 1 aromatic heterocycles. The highest BCUT2D eigenvalue weighted by Gasteiger charge is 2.13. The lowest BCUT2D eigenvalue weighted by molar-refractivity contribution is 0.0997. The number of anilines is 3. The number of carbonyl (C=O) groups is 2. The van der Waals surface area contributed by atoms with Gasteiger partial charge in [-0.25, -0.2) is 4.79 Å². The Morgan fingerprint density at radius 1 is 0.667 bits per heavy atom. The number of hydrogen-bond donors (Lipinski definition) is 3. The molecule has 0 saturated heterocycles. The summed E-state index contributed by atoms with van der Waals surface area (Å²) in [6.07, 6.45) is 0. The third kappa shape index (κ3) is 4.36. The molecule has 30 heavy (non-hydrogen) atoms. The number of para-hydroxylation sites is 2. The molecule has 0 bridgehead atoms. The summed E-state index contributed by atoms with van der Waals surface area (Å²) in [6.45, 7) is 0. The van der Waals surface area contributed by atoms with Crippen LogP contribution >= 0.6 is 0 Å². The molecule has 3 aromatic carbocycles. The number of benzene rings is 3. The van der Waals surface area contributed by atoms with Crippen LogP contribution in [0.4, 0.5) is 21.9 Å². The molecular formula is C23H17N3O4. The predicted molar refractivity (Wildman–Crippen MR) is 116 cm³/mol. The van der Waals surface area contributed by atoms with Gasteiger partial charge >= 0.3 is 6.03 Å². The van der Waals surface area contributed by atoms with Crippen LogP contribution in [0.25, 0.3) is 11.0 Å². The highest BCUT2D eigenvalue weighted by atomic mass is 16.3. The van der Waals surface area contributed by atoms with Crippen molar-refractivity contribution in [2.75, 3.05) is 16.0 Å². The molecule has 3 N–H and O–H groups in total. The van der Waals surface area contributed by atoms with E-state index in [0.717, 1.165) is 6.07 Å². The van der Waals surface area contributed by atoms with Gasteiger partial charge in [0.05, 0.1) is 5.39 Å². The minimum atomic E-state index is -0.566. The van der Waals surface area contributed by atoms with Crippen molar-refractivity contribution in [2.24, 2.45) is 0 Å². The minimum Gasteiger partial charge on any atom is -0.451 e. The van der Waals surface area contributed by atoms with E-state index in [0.29, 0.717) is 28.0 Å². The largest absolute Gasteiger partial charge is 0.451 e. The maximum atomic E-state index is 12.5. The molecule has 148 valence electrons. The fourth-order valence-electron chi connectivity index (χ4n) is 2.90. The van der Waals surface area contributed by atoms with Crippen LogP contribution in [0.2, 0.25) is 0 Å². The Bertz CT molecular complexity index is 1280. The van der Waals surface area contributed by atoms with Gasteiger partial charge in [0.15, 0.2) is 11.2 Å². The topological polar surface area (TPSA) is 100 Å². The van der Waals surface area contributed by atoms with Gasteiger partial charge in [-0.1, -0.05) is 36.4 Å². The SMILES string of the molecule is O=C(Nc1ccccc1)Nc1cccc(NC(=O)c2cc(=O)c3ccccc3o2)c1. The zero-order valence-corrected chi connectivity index (χ0v) is 15.7. The third-order valence-corrected chi connectivity index (χ3v) is 4.27. The van der Waals surface area contributed by atoms with E-state index in [9.17, 15) is 14.4 Å².